The normalized spacial score (nSPS) is 48.1. The van der Waals surface area contributed by atoms with Crippen LogP contribution in [0.15, 0.2) is 23.0 Å². The van der Waals surface area contributed by atoms with E-state index >= 15 is 0 Å². The summed E-state index contributed by atoms with van der Waals surface area (Å²) in [5.74, 6) is -0.819. The second-order valence-electron chi connectivity index (χ2n) is 9.25. The highest BCUT2D eigenvalue weighted by molar-refractivity contribution is 5.85. The van der Waals surface area contributed by atoms with Gasteiger partial charge in [0.15, 0.2) is 0 Å². The van der Waals surface area contributed by atoms with Crippen molar-refractivity contribution in [3.8, 4) is 0 Å². The molecular formula is C21H29FO3. The number of aliphatic carboxylic acids is 1. The van der Waals surface area contributed by atoms with Crippen molar-refractivity contribution >= 4 is 5.97 Å². The standard InChI is InChI=1S/C21H29FO3/c1-20-9-7-13(23)11-12(20)3-4-14-15-5-6-17(18(22)19(24)25)21(15,2)10-8-16(14)20/h3,13-16,23H,4-11H2,1-2H3,(H,24,25)/t13-,14-,15-,16-,20-,21-/m0/s1. The summed E-state index contributed by atoms with van der Waals surface area (Å²) < 4.78 is 14.3. The Labute approximate surface area is 149 Å². The van der Waals surface area contributed by atoms with Gasteiger partial charge in [0.2, 0.25) is 5.83 Å². The van der Waals surface area contributed by atoms with Crippen molar-refractivity contribution in [2.24, 2.45) is 28.6 Å². The van der Waals surface area contributed by atoms with Gasteiger partial charge in [0.1, 0.15) is 0 Å². The molecule has 0 bridgehead atoms. The van der Waals surface area contributed by atoms with Crippen LogP contribution in [0.4, 0.5) is 4.39 Å². The zero-order chi connectivity index (χ0) is 18.0. The van der Waals surface area contributed by atoms with Crippen LogP contribution >= 0.6 is 0 Å². The lowest BCUT2D eigenvalue weighted by molar-refractivity contribution is -0.134. The topological polar surface area (TPSA) is 57.5 Å². The average molecular weight is 348 g/mol. The largest absolute Gasteiger partial charge is 0.476 e. The molecule has 3 fully saturated rings. The fraction of sp³-hybridized carbons (Fsp3) is 0.762. The Morgan fingerprint density at radius 2 is 1.84 bits per heavy atom. The lowest BCUT2D eigenvalue weighted by atomic mass is 9.48. The van der Waals surface area contributed by atoms with E-state index in [1.807, 2.05) is 0 Å². The molecule has 6 atom stereocenters. The molecule has 0 radical (unpaired) electrons. The van der Waals surface area contributed by atoms with E-state index in [0.717, 1.165) is 44.9 Å². The van der Waals surface area contributed by atoms with Crippen LogP contribution in [0.5, 0.6) is 0 Å². The molecule has 4 rings (SSSR count). The third kappa shape index (κ3) is 2.36. The molecule has 3 nitrogen and oxygen atoms in total. The lowest BCUT2D eigenvalue weighted by Crippen LogP contribution is -2.49. The first-order chi connectivity index (χ1) is 11.8. The van der Waals surface area contributed by atoms with E-state index in [1.54, 1.807) is 0 Å². The number of carboxylic acids is 1. The zero-order valence-corrected chi connectivity index (χ0v) is 15.2. The van der Waals surface area contributed by atoms with Gasteiger partial charge in [0.05, 0.1) is 6.10 Å². The van der Waals surface area contributed by atoms with E-state index in [0.29, 0.717) is 29.7 Å². The van der Waals surface area contributed by atoms with E-state index in [4.69, 9.17) is 5.11 Å². The molecule has 25 heavy (non-hydrogen) atoms. The maximum atomic E-state index is 14.3. The maximum absolute atomic E-state index is 14.3. The fourth-order valence-electron chi connectivity index (χ4n) is 6.94. The number of hydrogen-bond acceptors (Lipinski definition) is 2. The summed E-state index contributed by atoms with van der Waals surface area (Å²) in [6.45, 7) is 4.47. The van der Waals surface area contributed by atoms with Crippen molar-refractivity contribution in [3.63, 3.8) is 0 Å². The van der Waals surface area contributed by atoms with Crippen LogP contribution in [-0.4, -0.2) is 22.3 Å². The number of halogens is 1. The first-order valence-electron chi connectivity index (χ1n) is 9.77. The fourth-order valence-corrected chi connectivity index (χ4v) is 6.94. The van der Waals surface area contributed by atoms with E-state index in [2.05, 4.69) is 19.9 Å². The van der Waals surface area contributed by atoms with Crippen molar-refractivity contribution in [2.45, 2.75) is 71.3 Å². The summed E-state index contributed by atoms with van der Waals surface area (Å²) in [6, 6.07) is 0. The predicted molar refractivity (Wildman–Crippen MR) is 93.5 cm³/mol. The minimum Gasteiger partial charge on any atom is -0.476 e. The van der Waals surface area contributed by atoms with Gasteiger partial charge in [-0.05, 0) is 85.5 Å². The van der Waals surface area contributed by atoms with Crippen LogP contribution in [-0.2, 0) is 4.79 Å². The van der Waals surface area contributed by atoms with Gasteiger partial charge in [-0.15, -0.1) is 0 Å². The van der Waals surface area contributed by atoms with Gasteiger partial charge in [-0.3, -0.25) is 0 Å². The first-order valence-corrected chi connectivity index (χ1v) is 9.77. The predicted octanol–water partition coefficient (Wildman–Crippen LogP) is 4.62. The number of carboxylic acid groups (broad SMARTS) is 1. The summed E-state index contributed by atoms with van der Waals surface area (Å²) in [7, 11) is 0. The number of aliphatic hydroxyl groups is 1. The number of rotatable bonds is 1. The zero-order valence-electron chi connectivity index (χ0n) is 15.2. The van der Waals surface area contributed by atoms with Gasteiger partial charge in [0, 0.05) is 0 Å². The summed E-state index contributed by atoms with van der Waals surface area (Å²) in [6.07, 6.45) is 9.31. The molecule has 0 spiro atoms. The molecule has 4 aliphatic carbocycles. The minimum atomic E-state index is -1.40. The van der Waals surface area contributed by atoms with Gasteiger partial charge in [0.25, 0.3) is 0 Å². The van der Waals surface area contributed by atoms with Gasteiger partial charge in [-0.2, -0.15) is 4.39 Å². The van der Waals surface area contributed by atoms with Gasteiger partial charge >= 0.3 is 5.97 Å². The molecule has 4 heteroatoms. The molecule has 0 unspecified atom stereocenters. The molecular weight excluding hydrogens is 319 g/mol. The monoisotopic (exact) mass is 348 g/mol. The van der Waals surface area contributed by atoms with E-state index in [1.165, 1.54) is 5.57 Å². The van der Waals surface area contributed by atoms with Crippen molar-refractivity contribution < 1.29 is 19.4 Å². The average Bonchev–Trinajstić information content (AvgIpc) is 2.92. The van der Waals surface area contributed by atoms with Gasteiger partial charge in [-0.1, -0.05) is 25.5 Å². The molecule has 3 saturated carbocycles. The Bertz CT molecular complexity index is 666. The first kappa shape index (κ1) is 17.3. The molecule has 0 heterocycles. The van der Waals surface area contributed by atoms with Crippen LogP contribution in [0.3, 0.4) is 0 Å². The molecule has 0 saturated heterocycles. The molecule has 0 aromatic heterocycles. The second kappa shape index (κ2) is 5.67. The third-order valence-corrected chi connectivity index (χ3v) is 8.31. The third-order valence-electron chi connectivity index (χ3n) is 8.31. The van der Waals surface area contributed by atoms with Crippen molar-refractivity contribution in [1.82, 2.24) is 0 Å². The smallest absolute Gasteiger partial charge is 0.364 e. The molecule has 4 aliphatic rings. The van der Waals surface area contributed by atoms with Gasteiger partial charge < -0.3 is 10.2 Å². The minimum absolute atomic E-state index is 0.168. The number of hydrogen-bond donors (Lipinski definition) is 2. The number of allylic oxidation sites excluding steroid dienone is 2. The molecule has 0 aromatic rings. The van der Waals surface area contributed by atoms with Crippen LogP contribution in [0, 0.1) is 28.6 Å². The Kier molecular flexibility index (Phi) is 3.91. The Hall–Kier alpha value is -1.16. The molecule has 0 aliphatic heterocycles. The Balaban J connectivity index is 1.69. The van der Waals surface area contributed by atoms with Crippen molar-refractivity contribution in [1.29, 1.82) is 0 Å². The molecule has 0 aromatic carbocycles. The van der Waals surface area contributed by atoms with Crippen molar-refractivity contribution in [3.05, 3.63) is 23.0 Å². The number of aliphatic hydroxyl groups excluding tert-OH is 1. The Morgan fingerprint density at radius 1 is 1.16 bits per heavy atom. The highest BCUT2D eigenvalue weighted by Crippen LogP contribution is 2.66. The summed E-state index contributed by atoms with van der Waals surface area (Å²) in [4.78, 5) is 11.2. The molecule has 138 valence electrons. The highest BCUT2D eigenvalue weighted by atomic mass is 19.1. The van der Waals surface area contributed by atoms with E-state index < -0.39 is 11.8 Å². The van der Waals surface area contributed by atoms with E-state index in [-0.39, 0.29) is 16.9 Å². The summed E-state index contributed by atoms with van der Waals surface area (Å²) in [5, 5.41) is 19.2. The van der Waals surface area contributed by atoms with Crippen LogP contribution in [0.1, 0.15) is 65.2 Å². The maximum Gasteiger partial charge on any atom is 0.364 e. The number of carbonyl (C=O) groups is 1. The Morgan fingerprint density at radius 3 is 2.56 bits per heavy atom. The van der Waals surface area contributed by atoms with Crippen LogP contribution in [0.2, 0.25) is 0 Å². The van der Waals surface area contributed by atoms with Crippen LogP contribution < -0.4 is 0 Å². The second-order valence-corrected chi connectivity index (χ2v) is 9.25. The van der Waals surface area contributed by atoms with Gasteiger partial charge in [-0.25, -0.2) is 4.79 Å². The lowest BCUT2D eigenvalue weighted by Gasteiger charge is -2.57. The summed E-state index contributed by atoms with van der Waals surface area (Å²) in [5.41, 5.74) is 1.87. The quantitative estimate of drug-likeness (QED) is 0.537. The molecule has 0 amide bonds. The SMILES string of the molecule is C[C@]12CC[C@H](O)CC1=CC[C@@H]1[C@@H]2CC[C@]2(C)C(=C(F)C(=O)O)CC[C@@H]12. The van der Waals surface area contributed by atoms with Crippen LogP contribution in [0.25, 0.3) is 0 Å². The summed E-state index contributed by atoms with van der Waals surface area (Å²) >= 11 is 0. The van der Waals surface area contributed by atoms with E-state index in [9.17, 15) is 14.3 Å². The molecule has 2 N–H and O–H groups in total. The number of fused-ring (bicyclic) bond motifs is 5. The van der Waals surface area contributed by atoms with Crippen molar-refractivity contribution in [2.75, 3.05) is 0 Å². The highest BCUT2D eigenvalue weighted by Gasteiger charge is 2.58.